The van der Waals surface area contributed by atoms with E-state index >= 15 is 0 Å². The van der Waals surface area contributed by atoms with E-state index in [4.69, 9.17) is 0 Å². The van der Waals surface area contributed by atoms with Gasteiger partial charge in [0.15, 0.2) is 0 Å². The Hall–Kier alpha value is -2.21. The number of aryl methyl sites for hydroxylation is 1. The first-order valence-corrected chi connectivity index (χ1v) is 6.08. The number of benzene rings is 1. The van der Waals surface area contributed by atoms with E-state index in [9.17, 15) is 15.2 Å². The Morgan fingerprint density at radius 3 is 2.89 bits per heavy atom. The van der Waals surface area contributed by atoms with Gasteiger partial charge in [0.05, 0.1) is 17.1 Å². The van der Waals surface area contributed by atoms with Gasteiger partial charge in [0.2, 0.25) is 0 Å². The Bertz CT molecular complexity index is 593. The summed E-state index contributed by atoms with van der Waals surface area (Å²) < 4.78 is 1.88. The van der Waals surface area contributed by atoms with E-state index in [1.54, 1.807) is 18.3 Å². The monoisotopic (exact) mass is 261 g/mol. The van der Waals surface area contributed by atoms with E-state index in [1.165, 1.54) is 6.07 Å². The zero-order chi connectivity index (χ0) is 13.8. The average molecular weight is 261 g/mol. The van der Waals surface area contributed by atoms with E-state index in [2.05, 4.69) is 11.9 Å². The van der Waals surface area contributed by atoms with Crippen LogP contribution in [0.25, 0.3) is 5.69 Å². The van der Waals surface area contributed by atoms with Crippen LogP contribution in [0.1, 0.15) is 24.7 Å². The molecule has 2 aromatic rings. The van der Waals surface area contributed by atoms with Crippen LogP contribution in [0.4, 0.5) is 5.69 Å². The van der Waals surface area contributed by atoms with Gasteiger partial charge in [0, 0.05) is 30.6 Å². The second-order valence-electron chi connectivity index (χ2n) is 4.19. The number of rotatable bonds is 5. The lowest BCUT2D eigenvalue weighted by atomic mass is 10.1. The number of hydrogen-bond donors (Lipinski definition) is 1. The van der Waals surface area contributed by atoms with Crippen LogP contribution in [0.3, 0.4) is 0 Å². The number of nitro groups is 1. The van der Waals surface area contributed by atoms with Crippen molar-refractivity contribution in [1.29, 1.82) is 0 Å². The van der Waals surface area contributed by atoms with Crippen molar-refractivity contribution in [2.75, 3.05) is 0 Å². The molecule has 0 aliphatic heterocycles. The molecule has 100 valence electrons. The molecule has 6 heteroatoms. The molecule has 1 heterocycles. The second-order valence-corrected chi connectivity index (χ2v) is 4.19. The molecule has 0 unspecified atom stereocenters. The zero-order valence-electron chi connectivity index (χ0n) is 10.6. The molecule has 0 amide bonds. The number of nitro benzene ring substituents is 1. The molecule has 0 aliphatic carbocycles. The average Bonchev–Trinajstić information content (AvgIpc) is 2.86. The summed E-state index contributed by atoms with van der Waals surface area (Å²) in [5.74, 6) is 0.903. The number of aromatic nitrogens is 2. The van der Waals surface area contributed by atoms with Crippen LogP contribution in [-0.4, -0.2) is 19.6 Å². The summed E-state index contributed by atoms with van der Waals surface area (Å²) in [6.07, 6.45) is 5.31. The Kier molecular flexibility index (Phi) is 3.91. The van der Waals surface area contributed by atoms with Gasteiger partial charge in [-0.25, -0.2) is 4.98 Å². The minimum absolute atomic E-state index is 0.0663. The molecule has 19 heavy (non-hydrogen) atoms. The third-order valence-electron chi connectivity index (χ3n) is 2.90. The first-order valence-electron chi connectivity index (χ1n) is 6.08. The highest BCUT2D eigenvalue weighted by molar-refractivity contribution is 5.48. The quantitative estimate of drug-likeness (QED) is 0.661. The van der Waals surface area contributed by atoms with Gasteiger partial charge in [-0.15, -0.1) is 0 Å². The molecule has 1 aromatic carbocycles. The van der Waals surface area contributed by atoms with Crippen LogP contribution in [0, 0.1) is 10.1 Å². The van der Waals surface area contributed by atoms with Gasteiger partial charge >= 0.3 is 0 Å². The van der Waals surface area contributed by atoms with Crippen molar-refractivity contribution in [3.8, 4) is 5.69 Å². The van der Waals surface area contributed by atoms with E-state index in [0.717, 1.165) is 24.4 Å². The van der Waals surface area contributed by atoms with Crippen LogP contribution < -0.4 is 0 Å². The van der Waals surface area contributed by atoms with Gasteiger partial charge in [-0.1, -0.05) is 6.92 Å². The lowest BCUT2D eigenvalue weighted by Gasteiger charge is -2.09. The van der Waals surface area contributed by atoms with E-state index in [-0.39, 0.29) is 12.3 Å². The molecular formula is C13H15N3O3. The summed E-state index contributed by atoms with van der Waals surface area (Å²) in [6.45, 7) is 1.70. The normalized spacial score (nSPS) is 10.6. The van der Waals surface area contributed by atoms with E-state index < -0.39 is 4.92 Å². The number of hydrogen-bond acceptors (Lipinski definition) is 4. The van der Waals surface area contributed by atoms with Crippen LogP contribution in [0.5, 0.6) is 0 Å². The molecule has 0 fully saturated rings. The topological polar surface area (TPSA) is 81.2 Å². The van der Waals surface area contributed by atoms with Crippen LogP contribution >= 0.6 is 0 Å². The van der Waals surface area contributed by atoms with Crippen molar-refractivity contribution < 1.29 is 10.0 Å². The summed E-state index contributed by atoms with van der Waals surface area (Å²) >= 11 is 0. The minimum atomic E-state index is -0.490. The summed E-state index contributed by atoms with van der Waals surface area (Å²) in [6, 6.07) is 4.70. The van der Waals surface area contributed by atoms with Crippen molar-refractivity contribution >= 4 is 5.69 Å². The fourth-order valence-corrected chi connectivity index (χ4v) is 2.00. The fraction of sp³-hybridized carbons (Fsp3) is 0.308. The van der Waals surface area contributed by atoms with Crippen molar-refractivity contribution in [3.05, 3.63) is 52.1 Å². The summed E-state index contributed by atoms with van der Waals surface area (Å²) in [7, 11) is 0. The van der Waals surface area contributed by atoms with Gasteiger partial charge in [-0.2, -0.15) is 0 Å². The second kappa shape index (κ2) is 5.62. The van der Waals surface area contributed by atoms with Gasteiger partial charge in [0.1, 0.15) is 5.82 Å². The van der Waals surface area contributed by atoms with Crippen LogP contribution in [0.15, 0.2) is 30.6 Å². The number of aliphatic hydroxyl groups excluding tert-OH is 1. The molecule has 0 saturated heterocycles. The van der Waals surface area contributed by atoms with Gasteiger partial charge in [-0.05, 0) is 18.6 Å². The fourth-order valence-electron chi connectivity index (χ4n) is 2.00. The highest BCUT2D eigenvalue weighted by atomic mass is 16.6. The molecule has 0 atom stereocenters. The molecule has 0 saturated carbocycles. The van der Waals surface area contributed by atoms with Gasteiger partial charge in [0.25, 0.3) is 5.69 Å². The number of nitrogens with zero attached hydrogens (tertiary/aromatic N) is 3. The molecule has 1 aromatic heterocycles. The van der Waals surface area contributed by atoms with Crippen LogP contribution in [-0.2, 0) is 13.0 Å². The van der Waals surface area contributed by atoms with Gasteiger partial charge in [-0.3, -0.25) is 10.1 Å². The Labute approximate surface area is 110 Å². The van der Waals surface area contributed by atoms with E-state index in [0.29, 0.717) is 5.56 Å². The maximum absolute atomic E-state index is 10.8. The predicted molar refractivity (Wildman–Crippen MR) is 70.1 cm³/mol. The highest BCUT2D eigenvalue weighted by Gasteiger charge is 2.14. The Morgan fingerprint density at radius 2 is 2.26 bits per heavy atom. The summed E-state index contributed by atoms with van der Waals surface area (Å²) in [4.78, 5) is 14.6. The smallest absolute Gasteiger partial charge is 0.275 e. The first kappa shape index (κ1) is 13.2. The Balaban J connectivity index is 2.45. The molecule has 0 bridgehead atoms. The third kappa shape index (κ3) is 2.63. The minimum Gasteiger partial charge on any atom is -0.391 e. The van der Waals surface area contributed by atoms with Crippen molar-refractivity contribution in [1.82, 2.24) is 9.55 Å². The SMILES string of the molecule is CCCc1nccn1-c1ccc([N+](=O)[O-])c(CO)c1. The largest absolute Gasteiger partial charge is 0.391 e. The standard InChI is InChI=1S/C13H15N3O3/c1-2-3-13-14-6-7-15(13)11-4-5-12(16(18)19)10(8-11)9-17/h4-8,17H,2-3,9H2,1H3. The maximum Gasteiger partial charge on any atom is 0.275 e. The molecule has 2 rings (SSSR count). The lowest BCUT2D eigenvalue weighted by molar-refractivity contribution is -0.385. The predicted octanol–water partition coefficient (Wildman–Crippen LogP) is 2.23. The zero-order valence-corrected chi connectivity index (χ0v) is 10.6. The lowest BCUT2D eigenvalue weighted by Crippen LogP contribution is -2.02. The number of imidazole rings is 1. The van der Waals surface area contributed by atoms with Crippen molar-refractivity contribution in [3.63, 3.8) is 0 Å². The molecule has 1 N–H and O–H groups in total. The van der Waals surface area contributed by atoms with Crippen LogP contribution in [0.2, 0.25) is 0 Å². The summed E-state index contributed by atoms with van der Waals surface area (Å²) in [5.41, 5.74) is 1.01. The molecule has 0 radical (unpaired) electrons. The Morgan fingerprint density at radius 1 is 1.47 bits per heavy atom. The van der Waals surface area contributed by atoms with E-state index in [1.807, 2.05) is 10.8 Å². The number of aliphatic hydroxyl groups is 1. The molecule has 0 spiro atoms. The first-order chi connectivity index (χ1) is 9.17. The molecule has 6 nitrogen and oxygen atoms in total. The third-order valence-corrected chi connectivity index (χ3v) is 2.90. The van der Waals surface area contributed by atoms with Gasteiger partial charge < -0.3 is 9.67 Å². The molecular weight excluding hydrogens is 246 g/mol. The van der Waals surface area contributed by atoms with Crippen molar-refractivity contribution in [2.24, 2.45) is 0 Å². The summed E-state index contributed by atoms with van der Waals surface area (Å²) in [5, 5.41) is 20.1. The van der Waals surface area contributed by atoms with Crippen molar-refractivity contribution in [2.45, 2.75) is 26.4 Å². The molecule has 0 aliphatic rings. The maximum atomic E-state index is 10.8. The highest BCUT2D eigenvalue weighted by Crippen LogP contribution is 2.23.